The minimum absolute atomic E-state index is 0.612. The largest absolute Gasteiger partial charge is 0.365 e. The van der Waals surface area contributed by atoms with Crippen molar-refractivity contribution in [3.05, 3.63) is 71.9 Å². The number of hydrogen-bond donors (Lipinski definition) is 1. The highest BCUT2D eigenvalue weighted by atomic mass is 35.5. The van der Waals surface area contributed by atoms with Gasteiger partial charge in [-0.05, 0) is 35.9 Å². The maximum Gasteiger partial charge on any atom is 0.153 e. The van der Waals surface area contributed by atoms with Crippen LogP contribution in [-0.4, -0.2) is 24.7 Å². The number of nitrogens with zero attached hydrogens (tertiary/aromatic N) is 5. The van der Waals surface area contributed by atoms with E-state index in [1.807, 2.05) is 48.8 Å². The topological polar surface area (TPSA) is 68.5 Å². The molecule has 118 valence electrons. The molecule has 0 bridgehead atoms. The van der Waals surface area contributed by atoms with Crippen LogP contribution in [0.2, 0.25) is 5.02 Å². The monoisotopic (exact) mass is 336 g/mol. The molecule has 0 saturated carbocycles. The Kier molecular flexibility index (Phi) is 3.80. The summed E-state index contributed by atoms with van der Waals surface area (Å²) in [5, 5.41) is 9.07. The second kappa shape index (κ2) is 6.25. The van der Waals surface area contributed by atoms with Crippen LogP contribution in [0.1, 0.15) is 5.56 Å². The Morgan fingerprint density at radius 3 is 2.83 bits per heavy atom. The SMILES string of the molecule is Clc1ccc2c(NCc3ccc(-n4cccn4)nc3)ncnc2c1. The molecule has 3 aromatic heterocycles. The predicted molar refractivity (Wildman–Crippen MR) is 93.2 cm³/mol. The van der Waals surface area contributed by atoms with Gasteiger partial charge in [-0.15, -0.1) is 0 Å². The van der Waals surface area contributed by atoms with Gasteiger partial charge >= 0.3 is 0 Å². The fourth-order valence-corrected chi connectivity index (χ4v) is 2.58. The van der Waals surface area contributed by atoms with Gasteiger partial charge in [0.25, 0.3) is 0 Å². The Balaban J connectivity index is 1.53. The molecule has 1 aromatic carbocycles. The van der Waals surface area contributed by atoms with Crippen LogP contribution in [0.15, 0.2) is 61.3 Å². The minimum atomic E-state index is 0.612. The summed E-state index contributed by atoms with van der Waals surface area (Å²) in [7, 11) is 0. The number of rotatable bonds is 4. The molecule has 24 heavy (non-hydrogen) atoms. The summed E-state index contributed by atoms with van der Waals surface area (Å²) in [6.45, 7) is 0.612. The lowest BCUT2D eigenvalue weighted by atomic mass is 10.2. The standard InChI is InChI=1S/C17H13ClN6/c18-13-3-4-14-15(8-13)21-11-22-17(14)20-10-12-2-5-16(19-9-12)24-7-1-6-23-24/h1-9,11H,10H2,(H,20,21,22). The van der Waals surface area contributed by atoms with Crippen molar-refractivity contribution in [3.63, 3.8) is 0 Å². The maximum atomic E-state index is 6.00. The maximum absolute atomic E-state index is 6.00. The van der Waals surface area contributed by atoms with E-state index in [0.717, 1.165) is 28.1 Å². The third kappa shape index (κ3) is 2.91. The zero-order valence-corrected chi connectivity index (χ0v) is 13.4. The van der Waals surface area contributed by atoms with Gasteiger partial charge in [0.15, 0.2) is 5.82 Å². The Bertz CT molecular complexity index is 966. The molecule has 0 aliphatic heterocycles. The molecule has 6 nitrogen and oxygen atoms in total. The number of pyridine rings is 1. The normalized spacial score (nSPS) is 10.9. The van der Waals surface area contributed by atoms with E-state index in [2.05, 4.69) is 25.4 Å². The van der Waals surface area contributed by atoms with Crippen molar-refractivity contribution in [2.75, 3.05) is 5.32 Å². The van der Waals surface area contributed by atoms with E-state index in [0.29, 0.717) is 11.6 Å². The van der Waals surface area contributed by atoms with Crippen LogP contribution in [0, 0.1) is 0 Å². The van der Waals surface area contributed by atoms with Crippen molar-refractivity contribution in [2.45, 2.75) is 6.54 Å². The number of aromatic nitrogens is 5. The number of fused-ring (bicyclic) bond motifs is 1. The fraction of sp³-hybridized carbons (Fsp3) is 0.0588. The van der Waals surface area contributed by atoms with Crippen LogP contribution in [-0.2, 0) is 6.54 Å². The van der Waals surface area contributed by atoms with E-state index in [4.69, 9.17) is 11.6 Å². The Hall–Kier alpha value is -2.99. The first-order valence-corrected chi connectivity index (χ1v) is 7.76. The number of nitrogens with one attached hydrogen (secondary N) is 1. The zero-order valence-electron chi connectivity index (χ0n) is 12.6. The van der Waals surface area contributed by atoms with Crippen molar-refractivity contribution < 1.29 is 0 Å². The van der Waals surface area contributed by atoms with Crippen molar-refractivity contribution in [2.24, 2.45) is 0 Å². The van der Waals surface area contributed by atoms with E-state index in [1.54, 1.807) is 10.9 Å². The molecular formula is C17H13ClN6. The summed E-state index contributed by atoms with van der Waals surface area (Å²) >= 11 is 6.00. The molecule has 1 N–H and O–H groups in total. The second-order valence-corrected chi connectivity index (χ2v) is 5.65. The summed E-state index contributed by atoms with van der Waals surface area (Å²) in [6, 6.07) is 11.4. The fourth-order valence-electron chi connectivity index (χ4n) is 2.42. The molecule has 0 aliphatic rings. The zero-order chi connectivity index (χ0) is 16.4. The van der Waals surface area contributed by atoms with Gasteiger partial charge in [0, 0.05) is 35.5 Å². The molecule has 0 fully saturated rings. The minimum Gasteiger partial charge on any atom is -0.365 e. The summed E-state index contributed by atoms with van der Waals surface area (Å²) in [6.07, 6.45) is 6.94. The smallest absolute Gasteiger partial charge is 0.153 e. The van der Waals surface area contributed by atoms with Crippen LogP contribution in [0.4, 0.5) is 5.82 Å². The first-order valence-electron chi connectivity index (χ1n) is 7.39. The molecule has 3 heterocycles. The molecule has 7 heteroatoms. The van der Waals surface area contributed by atoms with Gasteiger partial charge in [-0.1, -0.05) is 17.7 Å². The molecule has 4 rings (SSSR count). The average Bonchev–Trinajstić information content (AvgIpc) is 3.14. The molecular weight excluding hydrogens is 324 g/mol. The average molecular weight is 337 g/mol. The molecule has 4 aromatic rings. The highest BCUT2D eigenvalue weighted by Gasteiger charge is 2.05. The van der Waals surface area contributed by atoms with Gasteiger partial charge in [-0.3, -0.25) is 0 Å². The van der Waals surface area contributed by atoms with E-state index in [9.17, 15) is 0 Å². The third-order valence-corrected chi connectivity index (χ3v) is 3.84. The molecule has 0 spiro atoms. The van der Waals surface area contributed by atoms with Crippen LogP contribution in [0.3, 0.4) is 0 Å². The summed E-state index contributed by atoms with van der Waals surface area (Å²) in [5.41, 5.74) is 1.86. The highest BCUT2D eigenvalue weighted by molar-refractivity contribution is 6.31. The molecule has 0 unspecified atom stereocenters. The van der Waals surface area contributed by atoms with E-state index < -0.39 is 0 Å². The van der Waals surface area contributed by atoms with E-state index in [1.165, 1.54) is 6.33 Å². The lowest BCUT2D eigenvalue weighted by Crippen LogP contribution is -2.04. The Labute approximate surface area is 143 Å². The first-order chi connectivity index (χ1) is 11.8. The lowest BCUT2D eigenvalue weighted by molar-refractivity contribution is 0.843. The van der Waals surface area contributed by atoms with Gasteiger partial charge in [-0.2, -0.15) is 5.10 Å². The van der Waals surface area contributed by atoms with Crippen molar-refractivity contribution in [1.82, 2.24) is 24.7 Å². The van der Waals surface area contributed by atoms with Gasteiger partial charge < -0.3 is 5.32 Å². The van der Waals surface area contributed by atoms with Crippen LogP contribution in [0.5, 0.6) is 0 Å². The number of halogens is 1. The van der Waals surface area contributed by atoms with Gasteiger partial charge in [0.2, 0.25) is 0 Å². The molecule has 0 aliphatic carbocycles. The van der Waals surface area contributed by atoms with E-state index in [-0.39, 0.29) is 0 Å². The highest BCUT2D eigenvalue weighted by Crippen LogP contribution is 2.22. The van der Waals surface area contributed by atoms with Crippen molar-refractivity contribution >= 4 is 28.3 Å². The number of anilines is 1. The van der Waals surface area contributed by atoms with Crippen LogP contribution in [0.25, 0.3) is 16.7 Å². The predicted octanol–water partition coefficient (Wildman–Crippen LogP) is 3.48. The summed E-state index contributed by atoms with van der Waals surface area (Å²) < 4.78 is 1.72. The van der Waals surface area contributed by atoms with Crippen molar-refractivity contribution in [1.29, 1.82) is 0 Å². The Morgan fingerprint density at radius 1 is 1.08 bits per heavy atom. The number of benzene rings is 1. The van der Waals surface area contributed by atoms with Gasteiger partial charge in [0.05, 0.1) is 5.52 Å². The molecule has 0 amide bonds. The molecule has 0 saturated heterocycles. The summed E-state index contributed by atoms with van der Waals surface area (Å²) in [4.78, 5) is 13.0. The van der Waals surface area contributed by atoms with Crippen molar-refractivity contribution in [3.8, 4) is 5.82 Å². The van der Waals surface area contributed by atoms with E-state index >= 15 is 0 Å². The second-order valence-electron chi connectivity index (χ2n) is 5.21. The third-order valence-electron chi connectivity index (χ3n) is 3.61. The van der Waals surface area contributed by atoms with Gasteiger partial charge in [0.1, 0.15) is 12.1 Å². The lowest BCUT2D eigenvalue weighted by Gasteiger charge is -2.09. The molecule has 0 atom stereocenters. The quantitative estimate of drug-likeness (QED) is 0.618. The first kappa shape index (κ1) is 14.6. The summed E-state index contributed by atoms with van der Waals surface area (Å²) in [5.74, 6) is 1.55. The number of hydrogen-bond acceptors (Lipinski definition) is 5. The molecule has 0 radical (unpaired) electrons. The Morgan fingerprint density at radius 2 is 2.04 bits per heavy atom. The van der Waals surface area contributed by atoms with Crippen LogP contribution >= 0.6 is 11.6 Å². The van der Waals surface area contributed by atoms with Gasteiger partial charge in [-0.25, -0.2) is 19.6 Å². The van der Waals surface area contributed by atoms with Crippen LogP contribution < -0.4 is 5.32 Å².